The molecule has 1 amide bonds. The second kappa shape index (κ2) is 11.9. The number of rotatable bonds is 8. The highest BCUT2D eigenvalue weighted by molar-refractivity contribution is 9.10. The van der Waals surface area contributed by atoms with Crippen molar-refractivity contribution in [1.29, 1.82) is 0 Å². The Labute approximate surface area is 165 Å². The first-order chi connectivity index (χ1) is 12.7. The molecule has 0 radical (unpaired) electrons. The van der Waals surface area contributed by atoms with Crippen molar-refractivity contribution in [3.63, 3.8) is 0 Å². The fourth-order valence-corrected chi connectivity index (χ4v) is 3.20. The molecule has 2 rings (SSSR count). The van der Waals surface area contributed by atoms with Crippen molar-refractivity contribution >= 4 is 27.8 Å². The maximum absolute atomic E-state index is 12.0. The standard InChI is InChI=1S/C19H30BrN5O/c1-21-19(24-12-15-25-13-3-2-4-14-25)23-11-5-10-22-18(26)16-6-8-17(20)9-7-16/h6-9H,2-5,10-15H2,1H3,(H,22,26)(H2,21,23,24). The molecule has 0 aromatic heterocycles. The molecule has 1 aliphatic heterocycles. The van der Waals surface area contributed by atoms with Crippen LogP contribution in [0.15, 0.2) is 33.7 Å². The van der Waals surface area contributed by atoms with E-state index in [2.05, 4.69) is 41.8 Å². The zero-order chi connectivity index (χ0) is 18.6. The van der Waals surface area contributed by atoms with Gasteiger partial charge in [0.2, 0.25) is 0 Å². The Bertz CT molecular complexity index is 570. The summed E-state index contributed by atoms with van der Waals surface area (Å²) in [4.78, 5) is 18.8. The maximum atomic E-state index is 12.0. The number of benzene rings is 1. The van der Waals surface area contributed by atoms with E-state index in [9.17, 15) is 4.79 Å². The van der Waals surface area contributed by atoms with Gasteiger partial charge < -0.3 is 20.9 Å². The Morgan fingerprint density at radius 1 is 1.04 bits per heavy atom. The molecule has 1 aromatic carbocycles. The predicted molar refractivity (Wildman–Crippen MR) is 111 cm³/mol. The normalized spacial score (nSPS) is 15.5. The third-order valence-electron chi connectivity index (χ3n) is 4.43. The third kappa shape index (κ3) is 7.74. The van der Waals surface area contributed by atoms with E-state index in [1.54, 1.807) is 7.05 Å². The Kier molecular flexibility index (Phi) is 9.48. The summed E-state index contributed by atoms with van der Waals surface area (Å²) in [7, 11) is 1.78. The van der Waals surface area contributed by atoms with Gasteiger partial charge in [0.1, 0.15) is 0 Å². The number of hydrogen-bond acceptors (Lipinski definition) is 3. The molecule has 6 nitrogen and oxygen atoms in total. The molecule has 0 bridgehead atoms. The maximum Gasteiger partial charge on any atom is 0.251 e. The molecule has 7 heteroatoms. The largest absolute Gasteiger partial charge is 0.356 e. The summed E-state index contributed by atoms with van der Waals surface area (Å²) in [5, 5.41) is 9.58. The summed E-state index contributed by atoms with van der Waals surface area (Å²) in [5.41, 5.74) is 0.677. The number of carbonyl (C=O) groups is 1. The monoisotopic (exact) mass is 423 g/mol. The van der Waals surface area contributed by atoms with Crippen molar-refractivity contribution in [2.24, 2.45) is 4.99 Å². The predicted octanol–water partition coefficient (Wildman–Crippen LogP) is 2.22. The zero-order valence-corrected chi connectivity index (χ0v) is 17.1. The highest BCUT2D eigenvalue weighted by Gasteiger charge is 2.09. The lowest BCUT2D eigenvalue weighted by molar-refractivity contribution is 0.0953. The van der Waals surface area contributed by atoms with Gasteiger partial charge in [0, 0.05) is 43.3 Å². The quantitative estimate of drug-likeness (QED) is 0.340. The Balaban J connectivity index is 1.54. The van der Waals surface area contributed by atoms with Crippen molar-refractivity contribution in [1.82, 2.24) is 20.9 Å². The van der Waals surface area contributed by atoms with Crippen LogP contribution < -0.4 is 16.0 Å². The van der Waals surface area contributed by atoms with E-state index in [0.29, 0.717) is 12.1 Å². The number of carbonyl (C=O) groups excluding carboxylic acids is 1. The summed E-state index contributed by atoms with van der Waals surface area (Å²) in [6.45, 7) is 5.79. The van der Waals surface area contributed by atoms with Crippen LogP contribution in [0, 0.1) is 0 Å². The van der Waals surface area contributed by atoms with Crippen LogP contribution >= 0.6 is 15.9 Å². The lowest BCUT2D eigenvalue weighted by Crippen LogP contribution is -2.43. The number of likely N-dealkylation sites (tertiary alicyclic amines) is 1. The van der Waals surface area contributed by atoms with Gasteiger partial charge in [-0.25, -0.2) is 0 Å². The van der Waals surface area contributed by atoms with Gasteiger partial charge in [-0.05, 0) is 56.6 Å². The van der Waals surface area contributed by atoms with Gasteiger partial charge in [-0.3, -0.25) is 9.79 Å². The minimum atomic E-state index is -0.0402. The van der Waals surface area contributed by atoms with E-state index >= 15 is 0 Å². The molecule has 26 heavy (non-hydrogen) atoms. The Hall–Kier alpha value is -1.60. The number of nitrogens with one attached hydrogen (secondary N) is 3. The third-order valence-corrected chi connectivity index (χ3v) is 4.96. The van der Waals surface area contributed by atoms with E-state index in [1.807, 2.05) is 24.3 Å². The molecule has 0 aliphatic carbocycles. The fraction of sp³-hybridized carbons (Fsp3) is 0.579. The number of guanidine groups is 1. The van der Waals surface area contributed by atoms with Gasteiger partial charge in [0.25, 0.3) is 5.91 Å². The first-order valence-corrected chi connectivity index (χ1v) is 10.2. The van der Waals surface area contributed by atoms with E-state index in [4.69, 9.17) is 0 Å². The molecule has 144 valence electrons. The highest BCUT2D eigenvalue weighted by atomic mass is 79.9. The van der Waals surface area contributed by atoms with Crippen LogP contribution in [-0.2, 0) is 0 Å². The van der Waals surface area contributed by atoms with Crippen LogP contribution in [0.1, 0.15) is 36.0 Å². The molecular weight excluding hydrogens is 394 g/mol. The van der Waals surface area contributed by atoms with Gasteiger partial charge in [0.15, 0.2) is 5.96 Å². The lowest BCUT2D eigenvalue weighted by Gasteiger charge is -2.26. The van der Waals surface area contributed by atoms with Crippen LogP contribution in [0.2, 0.25) is 0 Å². The first kappa shape index (κ1) is 20.7. The highest BCUT2D eigenvalue weighted by Crippen LogP contribution is 2.10. The summed E-state index contributed by atoms with van der Waals surface area (Å²) >= 11 is 3.37. The van der Waals surface area contributed by atoms with Crippen LogP contribution in [0.25, 0.3) is 0 Å². The number of piperidine rings is 1. The molecule has 0 atom stereocenters. The Morgan fingerprint density at radius 3 is 2.38 bits per heavy atom. The second-order valence-electron chi connectivity index (χ2n) is 6.44. The van der Waals surface area contributed by atoms with Crippen LogP contribution in [0.5, 0.6) is 0 Å². The van der Waals surface area contributed by atoms with Crippen LogP contribution in [0.4, 0.5) is 0 Å². The first-order valence-electron chi connectivity index (χ1n) is 9.39. The van der Waals surface area contributed by atoms with Crippen molar-refractivity contribution in [3.8, 4) is 0 Å². The molecule has 3 N–H and O–H groups in total. The van der Waals surface area contributed by atoms with Gasteiger partial charge >= 0.3 is 0 Å². The number of amides is 1. The molecular formula is C19H30BrN5O. The minimum Gasteiger partial charge on any atom is -0.356 e. The Morgan fingerprint density at radius 2 is 1.69 bits per heavy atom. The molecule has 0 spiro atoms. The van der Waals surface area contributed by atoms with E-state index in [0.717, 1.165) is 36.5 Å². The molecule has 1 heterocycles. The van der Waals surface area contributed by atoms with Crippen molar-refractivity contribution < 1.29 is 4.79 Å². The van der Waals surface area contributed by atoms with Gasteiger partial charge in [-0.1, -0.05) is 22.4 Å². The zero-order valence-electron chi connectivity index (χ0n) is 15.6. The fourth-order valence-electron chi connectivity index (χ4n) is 2.94. The van der Waals surface area contributed by atoms with Crippen LogP contribution in [-0.4, -0.2) is 63.1 Å². The van der Waals surface area contributed by atoms with Gasteiger partial charge in [0.05, 0.1) is 0 Å². The van der Waals surface area contributed by atoms with Gasteiger partial charge in [-0.15, -0.1) is 0 Å². The number of aliphatic imine (C=N–C) groups is 1. The minimum absolute atomic E-state index is 0.0402. The molecule has 1 aromatic rings. The lowest BCUT2D eigenvalue weighted by atomic mass is 10.1. The summed E-state index contributed by atoms with van der Waals surface area (Å²) < 4.78 is 0.970. The molecule has 1 aliphatic rings. The van der Waals surface area contributed by atoms with Crippen molar-refractivity contribution in [2.45, 2.75) is 25.7 Å². The SMILES string of the molecule is CN=C(NCCCNC(=O)c1ccc(Br)cc1)NCCN1CCCCC1. The molecule has 1 fully saturated rings. The smallest absolute Gasteiger partial charge is 0.251 e. The number of nitrogens with zero attached hydrogens (tertiary/aromatic N) is 2. The molecule has 1 saturated heterocycles. The summed E-state index contributed by atoms with van der Waals surface area (Å²) in [6, 6.07) is 7.36. The van der Waals surface area contributed by atoms with Crippen LogP contribution in [0.3, 0.4) is 0 Å². The average molecular weight is 424 g/mol. The van der Waals surface area contributed by atoms with Gasteiger partial charge in [-0.2, -0.15) is 0 Å². The average Bonchev–Trinajstić information content (AvgIpc) is 2.67. The van der Waals surface area contributed by atoms with Crippen molar-refractivity contribution in [3.05, 3.63) is 34.3 Å². The molecule has 0 unspecified atom stereocenters. The van der Waals surface area contributed by atoms with E-state index in [1.165, 1.54) is 32.4 Å². The number of hydrogen-bond donors (Lipinski definition) is 3. The molecule has 0 saturated carbocycles. The van der Waals surface area contributed by atoms with E-state index < -0.39 is 0 Å². The summed E-state index contributed by atoms with van der Waals surface area (Å²) in [5.74, 6) is 0.780. The number of halogens is 1. The second-order valence-corrected chi connectivity index (χ2v) is 7.36. The van der Waals surface area contributed by atoms with E-state index in [-0.39, 0.29) is 5.91 Å². The van der Waals surface area contributed by atoms with Crippen molar-refractivity contribution in [2.75, 3.05) is 46.3 Å². The topological polar surface area (TPSA) is 68.8 Å². The summed E-state index contributed by atoms with van der Waals surface area (Å²) in [6.07, 6.45) is 4.85.